The van der Waals surface area contributed by atoms with Crippen LogP contribution in [0.1, 0.15) is 41.9 Å². The topological polar surface area (TPSA) is 79.7 Å². The van der Waals surface area contributed by atoms with Gasteiger partial charge in [-0.3, -0.25) is 9.36 Å². The van der Waals surface area contributed by atoms with Crippen molar-refractivity contribution in [2.75, 3.05) is 20.3 Å². The van der Waals surface area contributed by atoms with Crippen molar-refractivity contribution in [3.05, 3.63) is 64.2 Å². The maximum Gasteiger partial charge on any atom is 0.338 e. The Bertz CT molecular complexity index is 1120. The number of aryl methyl sites for hydroxylation is 1. The molecule has 0 unspecified atom stereocenters. The van der Waals surface area contributed by atoms with Crippen molar-refractivity contribution in [3.8, 4) is 11.5 Å². The molecule has 31 heavy (non-hydrogen) atoms. The largest absolute Gasteiger partial charge is 0.497 e. The summed E-state index contributed by atoms with van der Waals surface area (Å²) in [6.45, 7) is 1.05. The summed E-state index contributed by atoms with van der Waals surface area (Å²) >= 11 is 0. The summed E-state index contributed by atoms with van der Waals surface area (Å²) in [5.74, 6) is 1.75. The van der Waals surface area contributed by atoms with Gasteiger partial charge in [0, 0.05) is 13.0 Å². The molecule has 0 bridgehead atoms. The second kappa shape index (κ2) is 9.64. The second-order valence-electron chi connectivity index (χ2n) is 7.54. The molecule has 2 aromatic carbocycles. The zero-order chi connectivity index (χ0) is 21.6. The monoisotopic (exact) mass is 422 g/mol. The summed E-state index contributed by atoms with van der Waals surface area (Å²) in [6, 6.07) is 12.1. The van der Waals surface area contributed by atoms with Crippen molar-refractivity contribution >= 4 is 16.9 Å². The van der Waals surface area contributed by atoms with Gasteiger partial charge in [0.15, 0.2) is 0 Å². The number of carbonyl (C=O) groups excluding carboxylic acids is 1. The maximum atomic E-state index is 12.9. The predicted molar refractivity (Wildman–Crippen MR) is 117 cm³/mol. The normalized spacial score (nSPS) is 13.7. The van der Waals surface area contributed by atoms with E-state index in [0.717, 1.165) is 43.7 Å². The van der Waals surface area contributed by atoms with Gasteiger partial charge in [0.25, 0.3) is 5.56 Å². The van der Waals surface area contributed by atoms with Gasteiger partial charge in [-0.25, -0.2) is 9.78 Å². The fraction of sp³-hybridized carbons (Fsp3) is 0.375. The number of aromatic nitrogens is 2. The van der Waals surface area contributed by atoms with E-state index in [1.54, 1.807) is 54.1 Å². The minimum absolute atomic E-state index is 0.0327. The SMILES string of the molecule is COc1ccc(OCCOC(=O)c2ccc3c(=O)n4c(nc3c2)CCCCCC4)cc1. The van der Waals surface area contributed by atoms with E-state index < -0.39 is 5.97 Å². The fourth-order valence-corrected chi connectivity index (χ4v) is 3.77. The van der Waals surface area contributed by atoms with Gasteiger partial charge in [-0.1, -0.05) is 12.8 Å². The Morgan fingerprint density at radius 3 is 2.58 bits per heavy atom. The summed E-state index contributed by atoms with van der Waals surface area (Å²) in [6.07, 6.45) is 5.08. The molecule has 0 radical (unpaired) electrons. The number of carbonyl (C=O) groups is 1. The standard InChI is InChI=1S/C24H26N2O5/c1-29-18-8-10-19(11-9-18)30-14-15-31-24(28)17-7-12-20-21(16-17)25-22-6-4-2-3-5-13-26(22)23(20)27/h7-12,16H,2-6,13-15H2,1H3. The van der Waals surface area contributed by atoms with E-state index in [1.807, 2.05) is 0 Å². The molecule has 0 atom stereocenters. The first-order chi connectivity index (χ1) is 15.2. The van der Waals surface area contributed by atoms with E-state index in [1.165, 1.54) is 0 Å². The summed E-state index contributed by atoms with van der Waals surface area (Å²) in [5.41, 5.74) is 0.884. The first-order valence-corrected chi connectivity index (χ1v) is 10.6. The van der Waals surface area contributed by atoms with Crippen LogP contribution in [-0.2, 0) is 17.7 Å². The highest BCUT2D eigenvalue weighted by Gasteiger charge is 2.15. The van der Waals surface area contributed by atoms with Gasteiger partial charge in [0.05, 0.1) is 23.6 Å². The molecule has 4 rings (SSSR count). The Morgan fingerprint density at radius 1 is 1.00 bits per heavy atom. The molecule has 7 nitrogen and oxygen atoms in total. The lowest BCUT2D eigenvalue weighted by Gasteiger charge is -2.16. The molecule has 1 aliphatic heterocycles. The molecule has 0 fully saturated rings. The molecular formula is C24H26N2O5. The van der Waals surface area contributed by atoms with Crippen molar-refractivity contribution in [1.29, 1.82) is 0 Å². The molecule has 7 heteroatoms. The van der Waals surface area contributed by atoms with E-state index in [4.69, 9.17) is 19.2 Å². The van der Waals surface area contributed by atoms with Crippen molar-refractivity contribution in [3.63, 3.8) is 0 Å². The zero-order valence-corrected chi connectivity index (χ0v) is 17.6. The van der Waals surface area contributed by atoms with Crippen LogP contribution in [0.5, 0.6) is 11.5 Å². The molecule has 0 aliphatic carbocycles. The summed E-state index contributed by atoms with van der Waals surface area (Å²) in [4.78, 5) is 30.0. The van der Waals surface area contributed by atoms with Gasteiger partial charge in [0.1, 0.15) is 30.5 Å². The van der Waals surface area contributed by atoms with Gasteiger partial charge >= 0.3 is 5.97 Å². The van der Waals surface area contributed by atoms with Crippen LogP contribution in [0.2, 0.25) is 0 Å². The van der Waals surface area contributed by atoms with Crippen LogP contribution < -0.4 is 15.0 Å². The van der Waals surface area contributed by atoms with Gasteiger partial charge in [0.2, 0.25) is 0 Å². The lowest BCUT2D eigenvalue weighted by atomic mass is 10.1. The molecule has 0 saturated carbocycles. The third-order valence-corrected chi connectivity index (χ3v) is 5.45. The zero-order valence-electron chi connectivity index (χ0n) is 17.6. The molecule has 1 aliphatic rings. The molecular weight excluding hydrogens is 396 g/mol. The molecule has 162 valence electrons. The quantitative estimate of drug-likeness (QED) is 0.445. The number of hydrogen-bond acceptors (Lipinski definition) is 6. The third kappa shape index (κ3) is 4.87. The first kappa shape index (κ1) is 20.9. The Balaban J connectivity index is 1.41. The Kier molecular flexibility index (Phi) is 6.50. The van der Waals surface area contributed by atoms with Gasteiger partial charge in [-0.15, -0.1) is 0 Å². The lowest BCUT2D eigenvalue weighted by molar-refractivity contribution is 0.0450. The van der Waals surface area contributed by atoms with Crippen LogP contribution in [-0.4, -0.2) is 35.8 Å². The van der Waals surface area contributed by atoms with Crippen molar-refractivity contribution in [2.24, 2.45) is 0 Å². The van der Waals surface area contributed by atoms with Crippen LogP contribution in [0.15, 0.2) is 47.3 Å². The first-order valence-electron chi connectivity index (χ1n) is 10.6. The number of hydrogen-bond donors (Lipinski definition) is 0. The maximum absolute atomic E-state index is 12.9. The average molecular weight is 422 g/mol. The summed E-state index contributed by atoms with van der Waals surface area (Å²) in [5, 5.41) is 0.531. The van der Waals surface area contributed by atoms with Crippen LogP contribution in [0.4, 0.5) is 0 Å². The Labute approximate surface area is 180 Å². The number of ether oxygens (including phenoxy) is 3. The highest BCUT2D eigenvalue weighted by Crippen LogP contribution is 2.18. The summed E-state index contributed by atoms with van der Waals surface area (Å²) < 4.78 is 17.8. The molecule has 2 heterocycles. The van der Waals surface area contributed by atoms with E-state index in [0.29, 0.717) is 28.8 Å². The van der Waals surface area contributed by atoms with Gasteiger partial charge < -0.3 is 14.2 Å². The molecule has 3 aromatic rings. The number of nitrogens with zero attached hydrogens (tertiary/aromatic N) is 2. The van der Waals surface area contributed by atoms with Crippen LogP contribution in [0.25, 0.3) is 10.9 Å². The predicted octanol–water partition coefficient (Wildman–Crippen LogP) is 3.76. The Morgan fingerprint density at radius 2 is 1.77 bits per heavy atom. The third-order valence-electron chi connectivity index (χ3n) is 5.45. The fourth-order valence-electron chi connectivity index (χ4n) is 3.77. The molecule has 0 N–H and O–H groups in total. The van der Waals surface area contributed by atoms with Crippen molar-refractivity contribution in [2.45, 2.75) is 38.6 Å². The highest BCUT2D eigenvalue weighted by atomic mass is 16.6. The molecule has 0 saturated heterocycles. The van der Waals surface area contributed by atoms with Crippen LogP contribution in [0, 0.1) is 0 Å². The highest BCUT2D eigenvalue weighted by molar-refractivity contribution is 5.94. The number of rotatable bonds is 6. The second-order valence-corrected chi connectivity index (χ2v) is 7.54. The van der Waals surface area contributed by atoms with Crippen LogP contribution >= 0.6 is 0 Å². The van der Waals surface area contributed by atoms with E-state index in [-0.39, 0.29) is 18.8 Å². The number of methoxy groups -OCH3 is 1. The van der Waals surface area contributed by atoms with E-state index >= 15 is 0 Å². The number of esters is 1. The van der Waals surface area contributed by atoms with Gasteiger partial charge in [-0.2, -0.15) is 0 Å². The summed E-state index contributed by atoms with van der Waals surface area (Å²) in [7, 11) is 1.60. The minimum atomic E-state index is -0.464. The number of benzene rings is 2. The number of fused-ring (bicyclic) bond motifs is 2. The Hall–Kier alpha value is -3.35. The molecule has 0 amide bonds. The van der Waals surface area contributed by atoms with Gasteiger partial charge in [-0.05, 0) is 55.3 Å². The van der Waals surface area contributed by atoms with Crippen LogP contribution in [0.3, 0.4) is 0 Å². The van der Waals surface area contributed by atoms with Crippen molar-refractivity contribution in [1.82, 2.24) is 9.55 Å². The minimum Gasteiger partial charge on any atom is -0.497 e. The lowest BCUT2D eigenvalue weighted by Crippen LogP contribution is -2.26. The average Bonchev–Trinajstić information content (AvgIpc) is 2.78. The van der Waals surface area contributed by atoms with E-state index in [9.17, 15) is 9.59 Å². The molecule has 0 spiro atoms. The van der Waals surface area contributed by atoms with E-state index in [2.05, 4.69) is 0 Å². The molecule has 1 aromatic heterocycles. The van der Waals surface area contributed by atoms with Crippen molar-refractivity contribution < 1.29 is 19.0 Å². The smallest absolute Gasteiger partial charge is 0.338 e.